The van der Waals surface area contributed by atoms with E-state index in [9.17, 15) is 13.2 Å². The number of nitrogens with one attached hydrogen (secondary N) is 1. The van der Waals surface area contributed by atoms with Gasteiger partial charge in [0.1, 0.15) is 0 Å². The van der Waals surface area contributed by atoms with Crippen LogP contribution in [0.5, 0.6) is 0 Å². The van der Waals surface area contributed by atoms with Crippen molar-refractivity contribution in [2.75, 3.05) is 23.7 Å². The standard InChI is InChI=1S/C20H26N2O3S/c1-15-7-5-10-18(13-15)14-19(23)21-11-12-22(26(4,24)25)20-16(2)8-6-9-17(20)3/h5-10,13H,11-12,14H2,1-4H3,(H,21,23). The van der Waals surface area contributed by atoms with Gasteiger partial charge in [-0.2, -0.15) is 0 Å². The Morgan fingerprint density at radius 1 is 1.04 bits per heavy atom. The molecular weight excluding hydrogens is 348 g/mol. The largest absolute Gasteiger partial charge is 0.354 e. The Hall–Kier alpha value is -2.34. The van der Waals surface area contributed by atoms with Crippen LogP contribution in [-0.2, 0) is 21.2 Å². The van der Waals surface area contributed by atoms with Crippen molar-refractivity contribution in [3.8, 4) is 0 Å². The second kappa shape index (κ2) is 8.36. The van der Waals surface area contributed by atoms with E-state index < -0.39 is 10.0 Å². The van der Waals surface area contributed by atoms with E-state index in [1.165, 1.54) is 10.6 Å². The van der Waals surface area contributed by atoms with E-state index in [2.05, 4.69) is 5.32 Å². The molecule has 0 aliphatic carbocycles. The SMILES string of the molecule is Cc1cccc(CC(=O)NCCN(c2c(C)cccc2C)S(C)(=O)=O)c1. The number of carbonyl (C=O) groups is 1. The zero-order chi connectivity index (χ0) is 19.3. The third-order valence-electron chi connectivity index (χ3n) is 4.17. The van der Waals surface area contributed by atoms with Gasteiger partial charge in [-0.1, -0.05) is 48.0 Å². The molecule has 2 aromatic rings. The van der Waals surface area contributed by atoms with E-state index in [0.29, 0.717) is 5.69 Å². The summed E-state index contributed by atoms with van der Waals surface area (Å²) in [4.78, 5) is 12.1. The molecule has 0 spiro atoms. The third kappa shape index (κ3) is 5.33. The van der Waals surface area contributed by atoms with Crippen molar-refractivity contribution in [2.45, 2.75) is 27.2 Å². The molecule has 0 bridgehead atoms. The zero-order valence-electron chi connectivity index (χ0n) is 15.7. The maximum absolute atomic E-state index is 12.3. The Balaban J connectivity index is 2.03. The predicted molar refractivity (Wildman–Crippen MR) is 106 cm³/mol. The number of rotatable bonds is 7. The van der Waals surface area contributed by atoms with E-state index >= 15 is 0 Å². The number of nitrogens with zero attached hydrogens (tertiary/aromatic N) is 1. The van der Waals surface area contributed by atoms with Crippen molar-refractivity contribution >= 4 is 21.6 Å². The van der Waals surface area contributed by atoms with Crippen LogP contribution in [0.4, 0.5) is 5.69 Å². The fraction of sp³-hybridized carbons (Fsp3) is 0.350. The van der Waals surface area contributed by atoms with Crippen molar-refractivity contribution in [1.82, 2.24) is 5.32 Å². The third-order valence-corrected chi connectivity index (χ3v) is 5.34. The van der Waals surface area contributed by atoms with E-state index in [0.717, 1.165) is 22.3 Å². The lowest BCUT2D eigenvalue weighted by Crippen LogP contribution is -2.39. The van der Waals surface area contributed by atoms with Gasteiger partial charge in [-0.05, 0) is 37.5 Å². The monoisotopic (exact) mass is 374 g/mol. The first kappa shape index (κ1) is 20.0. The summed E-state index contributed by atoms with van der Waals surface area (Å²) in [7, 11) is -3.44. The molecule has 0 aromatic heterocycles. The van der Waals surface area contributed by atoms with Crippen molar-refractivity contribution in [3.05, 3.63) is 64.7 Å². The van der Waals surface area contributed by atoms with Crippen LogP contribution in [0.3, 0.4) is 0 Å². The predicted octanol–water partition coefficient (Wildman–Crippen LogP) is 2.74. The summed E-state index contributed by atoms with van der Waals surface area (Å²) < 4.78 is 25.9. The average molecular weight is 375 g/mol. The minimum Gasteiger partial charge on any atom is -0.354 e. The number of benzene rings is 2. The van der Waals surface area contributed by atoms with Crippen LogP contribution in [0.1, 0.15) is 22.3 Å². The maximum atomic E-state index is 12.3. The van der Waals surface area contributed by atoms with Crippen LogP contribution < -0.4 is 9.62 Å². The molecule has 0 saturated carbocycles. The van der Waals surface area contributed by atoms with Gasteiger partial charge in [0.2, 0.25) is 15.9 Å². The molecule has 0 aliphatic heterocycles. The lowest BCUT2D eigenvalue weighted by atomic mass is 10.1. The second-order valence-electron chi connectivity index (χ2n) is 6.59. The number of carbonyl (C=O) groups excluding carboxylic acids is 1. The van der Waals surface area contributed by atoms with E-state index in [1.54, 1.807) is 0 Å². The van der Waals surface area contributed by atoms with Gasteiger partial charge >= 0.3 is 0 Å². The first-order valence-corrected chi connectivity index (χ1v) is 10.4. The van der Waals surface area contributed by atoms with Gasteiger partial charge in [-0.25, -0.2) is 8.42 Å². The highest BCUT2D eigenvalue weighted by Gasteiger charge is 2.20. The van der Waals surface area contributed by atoms with Crippen LogP contribution in [-0.4, -0.2) is 33.7 Å². The molecule has 140 valence electrons. The van der Waals surface area contributed by atoms with Gasteiger partial charge in [0.15, 0.2) is 0 Å². The number of aryl methyl sites for hydroxylation is 3. The second-order valence-corrected chi connectivity index (χ2v) is 8.50. The Kier molecular flexibility index (Phi) is 6.42. The molecule has 0 heterocycles. The van der Waals surface area contributed by atoms with Gasteiger partial charge < -0.3 is 5.32 Å². The van der Waals surface area contributed by atoms with Gasteiger partial charge in [-0.15, -0.1) is 0 Å². The molecule has 1 amide bonds. The first-order valence-electron chi connectivity index (χ1n) is 8.54. The van der Waals surface area contributed by atoms with E-state index in [1.807, 2.05) is 63.2 Å². The topological polar surface area (TPSA) is 66.5 Å². The fourth-order valence-electron chi connectivity index (χ4n) is 3.01. The Bertz CT molecular complexity index is 871. The lowest BCUT2D eigenvalue weighted by molar-refractivity contribution is -0.120. The number of para-hydroxylation sites is 1. The summed E-state index contributed by atoms with van der Waals surface area (Å²) >= 11 is 0. The number of sulfonamides is 1. The molecule has 0 unspecified atom stereocenters. The highest BCUT2D eigenvalue weighted by atomic mass is 32.2. The molecular formula is C20H26N2O3S. The van der Waals surface area contributed by atoms with Crippen LogP contribution in [0.25, 0.3) is 0 Å². The molecule has 0 radical (unpaired) electrons. The van der Waals surface area contributed by atoms with Gasteiger partial charge in [0.05, 0.1) is 24.9 Å². The Morgan fingerprint density at radius 2 is 1.65 bits per heavy atom. The maximum Gasteiger partial charge on any atom is 0.232 e. The molecule has 0 aliphatic rings. The minimum absolute atomic E-state index is 0.120. The van der Waals surface area contributed by atoms with Gasteiger partial charge in [0, 0.05) is 6.54 Å². The van der Waals surface area contributed by atoms with Crippen molar-refractivity contribution in [3.63, 3.8) is 0 Å². The molecule has 0 saturated heterocycles. The van der Waals surface area contributed by atoms with Crippen LogP contribution in [0, 0.1) is 20.8 Å². The van der Waals surface area contributed by atoms with E-state index in [4.69, 9.17) is 0 Å². The summed E-state index contributed by atoms with van der Waals surface area (Å²) in [5, 5.41) is 2.82. The summed E-state index contributed by atoms with van der Waals surface area (Å²) in [5.41, 5.74) is 4.51. The zero-order valence-corrected chi connectivity index (χ0v) is 16.6. The number of amides is 1. The number of hydrogen-bond donors (Lipinski definition) is 1. The smallest absolute Gasteiger partial charge is 0.232 e. The minimum atomic E-state index is -3.44. The molecule has 6 heteroatoms. The van der Waals surface area contributed by atoms with Crippen LogP contribution in [0.15, 0.2) is 42.5 Å². The van der Waals surface area contributed by atoms with Gasteiger partial charge in [0.25, 0.3) is 0 Å². The Morgan fingerprint density at radius 3 is 2.23 bits per heavy atom. The average Bonchev–Trinajstić information content (AvgIpc) is 2.52. The summed E-state index contributed by atoms with van der Waals surface area (Å²) in [6, 6.07) is 13.5. The number of anilines is 1. The first-order chi connectivity index (χ1) is 12.2. The summed E-state index contributed by atoms with van der Waals surface area (Å²) in [5.74, 6) is -0.120. The molecule has 5 nitrogen and oxygen atoms in total. The molecule has 0 atom stereocenters. The quantitative estimate of drug-likeness (QED) is 0.810. The lowest BCUT2D eigenvalue weighted by Gasteiger charge is -2.26. The summed E-state index contributed by atoms with van der Waals surface area (Å²) in [6.45, 7) is 6.21. The van der Waals surface area contributed by atoms with Crippen molar-refractivity contribution < 1.29 is 13.2 Å². The van der Waals surface area contributed by atoms with Crippen molar-refractivity contribution in [2.24, 2.45) is 0 Å². The molecule has 26 heavy (non-hydrogen) atoms. The van der Waals surface area contributed by atoms with Crippen LogP contribution >= 0.6 is 0 Å². The fourth-order valence-corrected chi connectivity index (χ4v) is 4.05. The molecule has 2 aromatic carbocycles. The van der Waals surface area contributed by atoms with E-state index in [-0.39, 0.29) is 25.4 Å². The molecule has 0 fully saturated rings. The summed E-state index contributed by atoms with van der Waals surface area (Å²) in [6.07, 6.45) is 1.47. The molecule has 1 N–H and O–H groups in total. The highest BCUT2D eigenvalue weighted by molar-refractivity contribution is 7.92. The van der Waals surface area contributed by atoms with Gasteiger partial charge in [-0.3, -0.25) is 9.10 Å². The number of hydrogen-bond acceptors (Lipinski definition) is 3. The van der Waals surface area contributed by atoms with Crippen LogP contribution in [0.2, 0.25) is 0 Å². The highest BCUT2D eigenvalue weighted by Crippen LogP contribution is 2.26. The normalized spacial score (nSPS) is 11.2. The Labute approximate surface area is 156 Å². The van der Waals surface area contributed by atoms with Crippen molar-refractivity contribution in [1.29, 1.82) is 0 Å². The molecule has 2 rings (SSSR count).